The van der Waals surface area contributed by atoms with Gasteiger partial charge in [0.05, 0.1) is 5.56 Å². The van der Waals surface area contributed by atoms with Gasteiger partial charge in [0.1, 0.15) is 7.05 Å². The van der Waals surface area contributed by atoms with E-state index in [9.17, 15) is 0 Å². The molecule has 0 saturated carbocycles. The van der Waals surface area contributed by atoms with E-state index in [1.165, 1.54) is 48.1 Å². The van der Waals surface area contributed by atoms with Gasteiger partial charge < -0.3 is 0 Å². The minimum absolute atomic E-state index is 1.29. The van der Waals surface area contributed by atoms with Gasteiger partial charge in [-0.3, -0.25) is 0 Å². The van der Waals surface area contributed by atoms with E-state index in [0.29, 0.717) is 0 Å². The molecule has 0 aliphatic rings. The highest BCUT2D eigenvalue weighted by molar-refractivity contribution is 7.26. The molecule has 2 aromatic heterocycles. The summed E-state index contributed by atoms with van der Waals surface area (Å²) in [5, 5.41) is 2.75. The predicted octanol–water partition coefficient (Wildman–Crippen LogP) is 5.47. The van der Waals surface area contributed by atoms with Crippen molar-refractivity contribution in [3.63, 3.8) is 0 Å². The van der Waals surface area contributed by atoms with Crippen molar-refractivity contribution in [2.24, 2.45) is 7.05 Å². The van der Waals surface area contributed by atoms with Gasteiger partial charge in [-0.1, -0.05) is 30.3 Å². The van der Waals surface area contributed by atoms with Gasteiger partial charge in [-0.05, 0) is 37.5 Å². The molecule has 0 bridgehead atoms. The van der Waals surface area contributed by atoms with Crippen LogP contribution < -0.4 is 4.57 Å². The van der Waals surface area contributed by atoms with Crippen molar-refractivity contribution in [2.45, 2.75) is 20.8 Å². The highest BCUT2D eigenvalue weighted by Gasteiger charge is 2.19. The molecule has 0 spiro atoms. The summed E-state index contributed by atoms with van der Waals surface area (Å²) in [6.45, 7) is 6.58. The molecule has 0 saturated heterocycles. The number of thiophene rings is 1. The zero-order chi connectivity index (χ0) is 16.1. The highest BCUT2D eigenvalue weighted by Crippen LogP contribution is 2.41. The Kier molecular flexibility index (Phi) is 3.24. The second-order valence-electron chi connectivity index (χ2n) is 6.39. The van der Waals surface area contributed by atoms with Crippen LogP contribution in [0.5, 0.6) is 0 Å². The van der Waals surface area contributed by atoms with Crippen LogP contribution >= 0.6 is 11.3 Å². The molecule has 4 rings (SSSR count). The van der Waals surface area contributed by atoms with Gasteiger partial charge in [0.2, 0.25) is 5.69 Å². The van der Waals surface area contributed by atoms with E-state index in [-0.39, 0.29) is 0 Å². The van der Waals surface area contributed by atoms with Crippen LogP contribution in [-0.2, 0) is 7.05 Å². The second kappa shape index (κ2) is 5.17. The first kappa shape index (κ1) is 14.4. The first-order chi connectivity index (χ1) is 11.1. The van der Waals surface area contributed by atoms with Crippen LogP contribution in [-0.4, -0.2) is 0 Å². The Morgan fingerprint density at radius 2 is 1.61 bits per heavy atom. The van der Waals surface area contributed by atoms with Crippen molar-refractivity contribution < 1.29 is 4.57 Å². The van der Waals surface area contributed by atoms with E-state index in [2.05, 4.69) is 81.0 Å². The molecule has 2 heterocycles. The Bertz CT molecular complexity index is 1060. The first-order valence-electron chi connectivity index (χ1n) is 7.94. The third kappa shape index (κ3) is 2.17. The molecular formula is C21H20NS+. The van der Waals surface area contributed by atoms with Crippen LogP contribution in [0.3, 0.4) is 0 Å². The van der Waals surface area contributed by atoms with E-state index in [0.717, 1.165) is 0 Å². The van der Waals surface area contributed by atoms with E-state index < -0.39 is 0 Å². The number of pyridine rings is 1. The van der Waals surface area contributed by atoms with Gasteiger partial charge in [0.15, 0.2) is 6.20 Å². The highest BCUT2D eigenvalue weighted by atomic mass is 32.1. The van der Waals surface area contributed by atoms with Crippen LogP contribution in [0, 0.1) is 20.8 Å². The maximum absolute atomic E-state index is 2.29. The summed E-state index contributed by atoms with van der Waals surface area (Å²) in [5.41, 5.74) is 6.65. The Morgan fingerprint density at radius 3 is 2.43 bits per heavy atom. The number of benzene rings is 2. The fraction of sp³-hybridized carbons (Fsp3) is 0.190. The number of rotatable bonds is 1. The number of aryl methyl sites for hydroxylation is 4. The smallest absolute Gasteiger partial charge is 0.201 e. The van der Waals surface area contributed by atoms with Crippen molar-refractivity contribution in [3.8, 4) is 11.3 Å². The van der Waals surface area contributed by atoms with Crippen molar-refractivity contribution in [1.82, 2.24) is 0 Å². The van der Waals surface area contributed by atoms with E-state index in [4.69, 9.17) is 0 Å². The molecule has 114 valence electrons. The molecule has 2 heteroatoms. The zero-order valence-corrected chi connectivity index (χ0v) is 14.8. The SMILES string of the molecule is Cc1cc[n+](C)c(-c2c(C)ccc3c2sc2c(C)cccc23)c1. The molecule has 0 N–H and O–H groups in total. The number of fused-ring (bicyclic) bond motifs is 3. The summed E-state index contributed by atoms with van der Waals surface area (Å²) in [6.07, 6.45) is 2.15. The molecule has 0 aliphatic heterocycles. The summed E-state index contributed by atoms with van der Waals surface area (Å²) in [5.74, 6) is 0. The average Bonchev–Trinajstić information content (AvgIpc) is 2.90. The standard InChI is InChI=1S/C21H20NS/c1-13-10-11-22(4)18(12-13)19-14(2)8-9-17-16-7-5-6-15(3)20(16)23-21(17)19/h5-12H,1-4H3/q+1. The van der Waals surface area contributed by atoms with Gasteiger partial charge in [0, 0.05) is 32.3 Å². The molecule has 0 unspecified atom stereocenters. The van der Waals surface area contributed by atoms with Crippen LogP contribution in [0.25, 0.3) is 31.4 Å². The molecule has 0 amide bonds. The lowest BCUT2D eigenvalue weighted by Crippen LogP contribution is -2.30. The maximum atomic E-state index is 2.29. The lowest BCUT2D eigenvalue weighted by molar-refractivity contribution is -0.660. The van der Waals surface area contributed by atoms with Crippen molar-refractivity contribution in [2.75, 3.05) is 0 Å². The monoisotopic (exact) mass is 318 g/mol. The lowest BCUT2D eigenvalue weighted by Gasteiger charge is -2.07. The Morgan fingerprint density at radius 1 is 0.826 bits per heavy atom. The summed E-state index contributed by atoms with van der Waals surface area (Å²) in [6, 6.07) is 15.6. The molecule has 2 aromatic carbocycles. The van der Waals surface area contributed by atoms with Gasteiger partial charge in [-0.2, -0.15) is 0 Å². The van der Waals surface area contributed by atoms with E-state index >= 15 is 0 Å². The Balaban J connectivity index is 2.18. The molecular weight excluding hydrogens is 298 g/mol. The summed E-state index contributed by atoms with van der Waals surface area (Å²) >= 11 is 1.93. The molecule has 0 atom stereocenters. The largest absolute Gasteiger partial charge is 0.214 e. The maximum Gasteiger partial charge on any atom is 0.214 e. The van der Waals surface area contributed by atoms with Gasteiger partial charge in [0.25, 0.3) is 0 Å². The minimum Gasteiger partial charge on any atom is -0.201 e. The van der Waals surface area contributed by atoms with Gasteiger partial charge in [-0.25, -0.2) is 4.57 Å². The average molecular weight is 318 g/mol. The Hall–Kier alpha value is -2.19. The van der Waals surface area contributed by atoms with Gasteiger partial charge >= 0.3 is 0 Å². The van der Waals surface area contributed by atoms with Crippen molar-refractivity contribution in [3.05, 3.63) is 65.4 Å². The number of hydrogen-bond donors (Lipinski definition) is 0. The number of hydrogen-bond acceptors (Lipinski definition) is 1. The van der Waals surface area contributed by atoms with Crippen molar-refractivity contribution >= 4 is 31.5 Å². The lowest BCUT2D eigenvalue weighted by atomic mass is 10.00. The van der Waals surface area contributed by atoms with Crippen LogP contribution in [0.1, 0.15) is 16.7 Å². The Labute approximate surface area is 140 Å². The topological polar surface area (TPSA) is 3.88 Å². The van der Waals surface area contributed by atoms with Crippen LogP contribution in [0.15, 0.2) is 48.7 Å². The fourth-order valence-corrected chi connectivity index (χ4v) is 4.72. The minimum atomic E-state index is 1.29. The van der Waals surface area contributed by atoms with E-state index in [1.807, 2.05) is 11.3 Å². The number of aromatic nitrogens is 1. The normalized spacial score (nSPS) is 11.5. The summed E-state index contributed by atoms with van der Waals surface area (Å²) in [7, 11) is 2.13. The fourth-order valence-electron chi connectivity index (χ4n) is 3.34. The molecule has 0 radical (unpaired) electrons. The summed E-state index contributed by atoms with van der Waals surface area (Å²) < 4.78 is 5.03. The van der Waals surface area contributed by atoms with Crippen LogP contribution in [0.4, 0.5) is 0 Å². The first-order valence-corrected chi connectivity index (χ1v) is 8.76. The molecule has 23 heavy (non-hydrogen) atoms. The van der Waals surface area contributed by atoms with Crippen molar-refractivity contribution in [1.29, 1.82) is 0 Å². The molecule has 4 aromatic rings. The van der Waals surface area contributed by atoms with Gasteiger partial charge in [-0.15, -0.1) is 11.3 Å². The quantitative estimate of drug-likeness (QED) is 0.410. The third-order valence-corrected chi connectivity index (χ3v) is 6.01. The van der Waals surface area contributed by atoms with E-state index in [1.54, 1.807) is 0 Å². The molecule has 0 fully saturated rings. The molecule has 0 aliphatic carbocycles. The zero-order valence-electron chi connectivity index (χ0n) is 14.0. The van der Waals surface area contributed by atoms with Crippen LogP contribution in [0.2, 0.25) is 0 Å². The predicted molar refractivity (Wildman–Crippen MR) is 100 cm³/mol. The molecule has 1 nitrogen and oxygen atoms in total. The summed E-state index contributed by atoms with van der Waals surface area (Å²) in [4.78, 5) is 0. The second-order valence-corrected chi connectivity index (χ2v) is 7.41. The third-order valence-electron chi connectivity index (χ3n) is 4.63. The number of nitrogens with zero attached hydrogens (tertiary/aromatic N) is 1.